The van der Waals surface area contributed by atoms with Crippen LogP contribution in [-0.2, 0) is 4.79 Å². The van der Waals surface area contributed by atoms with Gasteiger partial charge in [-0.1, -0.05) is 51.1 Å². The molecule has 2 bridgehead atoms. The van der Waals surface area contributed by atoms with E-state index in [1.54, 1.807) is 7.11 Å². The van der Waals surface area contributed by atoms with Gasteiger partial charge in [0.15, 0.2) is 5.75 Å². The molecule has 4 rings (SSSR count). The smallest absolute Gasteiger partial charge is 0.327 e. The summed E-state index contributed by atoms with van der Waals surface area (Å²) < 4.78 is 5.51. The highest BCUT2D eigenvalue weighted by Crippen LogP contribution is 2.58. The number of methoxy groups -OCH3 is 1. The van der Waals surface area contributed by atoms with Gasteiger partial charge in [-0.3, -0.25) is 0 Å². The maximum absolute atomic E-state index is 11.9. The van der Waals surface area contributed by atoms with E-state index in [0.717, 1.165) is 28.3 Å². The average molecular weight is 311 g/mol. The molecule has 0 radical (unpaired) electrons. The number of fused-ring (bicyclic) bond motifs is 2. The average Bonchev–Trinajstić information content (AvgIpc) is 2.50. The Morgan fingerprint density at radius 1 is 1.13 bits per heavy atom. The molecule has 23 heavy (non-hydrogen) atoms. The second-order valence-corrected chi connectivity index (χ2v) is 6.86. The van der Waals surface area contributed by atoms with E-state index in [1.165, 1.54) is 0 Å². The lowest BCUT2D eigenvalue weighted by Gasteiger charge is -2.46. The van der Waals surface area contributed by atoms with Crippen molar-refractivity contribution in [3.05, 3.63) is 42.5 Å². The molecule has 1 N–H and O–H groups in total. The SMILES string of the molecule is COc1c2ccc(-c3ccccc3)c1N2C(C(=O)O)C(C)(C)C. The van der Waals surface area contributed by atoms with E-state index < -0.39 is 17.4 Å². The molecule has 0 spiro atoms. The summed E-state index contributed by atoms with van der Waals surface area (Å²) >= 11 is 0. The van der Waals surface area contributed by atoms with Crippen LogP contribution in [0.15, 0.2) is 42.5 Å². The van der Waals surface area contributed by atoms with Crippen molar-refractivity contribution in [3.8, 4) is 16.9 Å². The molecule has 2 aliphatic heterocycles. The van der Waals surface area contributed by atoms with Gasteiger partial charge in [-0.15, -0.1) is 0 Å². The molecule has 0 aromatic heterocycles. The van der Waals surface area contributed by atoms with Crippen molar-refractivity contribution in [2.24, 2.45) is 5.41 Å². The molecule has 1 atom stereocenters. The summed E-state index contributed by atoms with van der Waals surface area (Å²) in [4.78, 5) is 13.8. The van der Waals surface area contributed by atoms with Gasteiger partial charge in [0.25, 0.3) is 0 Å². The normalized spacial score (nSPS) is 14.2. The van der Waals surface area contributed by atoms with Gasteiger partial charge >= 0.3 is 5.97 Å². The molecule has 120 valence electrons. The van der Waals surface area contributed by atoms with Gasteiger partial charge in [-0.25, -0.2) is 4.79 Å². The Hall–Kier alpha value is -2.49. The van der Waals surface area contributed by atoms with Gasteiger partial charge in [-0.05, 0) is 23.1 Å². The predicted molar refractivity (Wildman–Crippen MR) is 91.4 cm³/mol. The van der Waals surface area contributed by atoms with Gasteiger partial charge in [0.2, 0.25) is 0 Å². The first-order chi connectivity index (χ1) is 10.9. The third kappa shape index (κ3) is 2.34. The number of carboxylic acids is 1. The summed E-state index contributed by atoms with van der Waals surface area (Å²) in [7, 11) is 1.63. The van der Waals surface area contributed by atoms with Crippen molar-refractivity contribution in [2.75, 3.05) is 12.0 Å². The zero-order valence-electron chi connectivity index (χ0n) is 13.8. The van der Waals surface area contributed by atoms with Crippen molar-refractivity contribution in [1.29, 1.82) is 0 Å². The van der Waals surface area contributed by atoms with E-state index in [9.17, 15) is 9.90 Å². The molecule has 0 amide bonds. The van der Waals surface area contributed by atoms with Crippen LogP contribution in [0.3, 0.4) is 0 Å². The molecule has 2 aromatic rings. The quantitative estimate of drug-likeness (QED) is 0.914. The van der Waals surface area contributed by atoms with Crippen LogP contribution in [0.2, 0.25) is 0 Å². The van der Waals surface area contributed by atoms with Crippen LogP contribution in [0.1, 0.15) is 20.8 Å². The molecule has 1 unspecified atom stereocenters. The lowest BCUT2D eigenvalue weighted by Crippen LogP contribution is -2.50. The van der Waals surface area contributed by atoms with E-state index in [1.807, 2.05) is 68.1 Å². The molecular formula is C19H21NO3. The molecule has 0 saturated heterocycles. The molecule has 0 fully saturated rings. The number of carbonyl (C=O) groups is 1. The van der Waals surface area contributed by atoms with E-state index >= 15 is 0 Å². The maximum atomic E-state index is 11.9. The summed E-state index contributed by atoms with van der Waals surface area (Å²) in [5.74, 6) is -0.0628. The minimum atomic E-state index is -0.828. The van der Waals surface area contributed by atoms with Gasteiger partial charge < -0.3 is 14.7 Å². The predicted octanol–water partition coefficient (Wildman–Crippen LogP) is 4.31. The van der Waals surface area contributed by atoms with Crippen molar-refractivity contribution in [1.82, 2.24) is 0 Å². The molecule has 2 heterocycles. The highest BCUT2D eigenvalue weighted by molar-refractivity contribution is 6.03. The number of benzene rings is 2. The Bertz CT molecular complexity index is 747. The summed E-state index contributed by atoms with van der Waals surface area (Å²) in [6.07, 6.45) is 0. The Kier molecular flexibility index (Phi) is 3.55. The van der Waals surface area contributed by atoms with E-state index in [2.05, 4.69) is 0 Å². The number of ether oxygens (including phenoxy) is 1. The number of hydrogen-bond acceptors (Lipinski definition) is 3. The summed E-state index contributed by atoms with van der Waals surface area (Å²) in [6.45, 7) is 5.83. The molecule has 2 aromatic carbocycles. The molecule has 4 nitrogen and oxygen atoms in total. The summed E-state index contributed by atoms with van der Waals surface area (Å²) in [5.41, 5.74) is 3.33. The minimum Gasteiger partial charge on any atom is -0.492 e. The minimum absolute atomic E-state index is 0.408. The fourth-order valence-electron chi connectivity index (χ4n) is 3.25. The number of aliphatic carboxylic acids is 1. The van der Waals surface area contributed by atoms with Crippen LogP contribution in [0.25, 0.3) is 11.1 Å². The van der Waals surface area contributed by atoms with Crippen LogP contribution < -0.4 is 9.64 Å². The largest absolute Gasteiger partial charge is 0.492 e. The number of carboxylic acid groups (broad SMARTS) is 1. The van der Waals surface area contributed by atoms with Crippen molar-refractivity contribution in [2.45, 2.75) is 26.8 Å². The molecular weight excluding hydrogens is 290 g/mol. The van der Waals surface area contributed by atoms with E-state index in [-0.39, 0.29) is 0 Å². The topological polar surface area (TPSA) is 49.8 Å². The first kappa shape index (κ1) is 15.4. The molecule has 2 aliphatic rings. The van der Waals surface area contributed by atoms with Crippen LogP contribution in [-0.4, -0.2) is 24.2 Å². The fourth-order valence-corrected chi connectivity index (χ4v) is 3.25. The molecule has 4 heteroatoms. The summed E-state index contributed by atoms with van der Waals surface area (Å²) in [5, 5.41) is 9.76. The first-order valence-electron chi connectivity index (χ1n) is 7.64. The highest BCUT2D eigenvalue weighted by atomic mass is 16.5. The van der Waals surface area contributed by atoms with Gasteiger partial charge in [-0.2, -0.15) is 0 Å². The maximum Gasteiger partial charge on any atom is 0.327 e. The number of rotatable bonds is 4. The van der Waals surface area contributed by atoms with Crippen LogP contribution >= 0.6 is 0 Å². The molecule has 0 aliphatic carbocycles. The Morgan fingerprint density at radius 2 is 1.78 bits per heavy atom. The Morgan fingerprint density at radius 3 is 2.30 bits per heavy atom. The van der Waals surface area contributed by atoms with E-state index in [0.29, 0.717) is 0 Å². The second-order valence-electron chi connectivity index (χ2n) is 6.86. The van der Waals surface area contributed by atoms with Crippen molar-refractivity contribution in [3.63, 3.8) is 0 Å². The van der Waals surface area contributed by atoms with Gasteiger partial charge in [0, 0.05) is 5.56 Å². The monoisotopic (exact) mass is 311 g/mol. The number of anilines is 2. The van der Waals surface area contributed by atoms with Gasteiger partial charge in [0.1, 0.15) is 6.04 Å². The van der Waals surface area contributed by atoms with Crippen molar-refractivity contribution < 1.29 is 14.6 Å². The Balaban J connectivity index is 2.14. The summed E-state index contributed by atoms with van der Waals surface area (Å²) in [6, 6.07) is 13.3. The Labute approximate surface area is 136 Å². The standard InChI is InChI=1S/C19H21NO3/c1-19(2,3)17(18(21)22)20-14-11-10-13(15(20)16(14)23-4)12-8-6-5-7-9-12/h5-11,17H,1-4H3,(H,21,22). The van der Waals surface area contributed by atoms with Crippen LogP contribution in [0, 0.1) is 5.41 Å². The van der Waals surface area contributed by atoms with Gasteiger partial charge in [0.05, 0.1) is 18.5 Å². The third-order valence-electron chi connectivity index (χ3n) is 4.21. The zero-order chi connectivity index (χ0) is 16.8. The first-order valence-corrected chi connectivity index (χ1v) is 7.64. The molecule has 0 saturated carbocycles. The lowest BCUT2D eigenvalue weighted by atomic mass is 9.82. The van der Waals surface area contributed by atoms with E-state index in [4.69, 9.17) is 4.74 Å². The van der Waals surface area contributed by atoms with Crippen LogP contribution in [0.4, 0.5) is 11.4 Å². The number of hydrogen-bond donors (Lipinski definition) is 1. The second kappa shape index (κ2) is 5.30. The zero-order valence-corrected chi connectivity index (χ0v) is 13.8. The highest BCUT2D eigenvalue weighted by Gasteiger charge is 2.46. The van der Waals surface area contributed by atoms with Crippen molar-refractivity contribution >= 4 is 17.3 Å². The lowest BCUT2D eigenvalue weighted by molar-refractivity contribution is -0.140. The third-order valence-corrected chi connectivity index (χ3v) is 4.21. The van der Waals surface area contributed by atoms with Crippen LogP contribution in [0.5, 0.6) is 5.75 Å². The fraction of sp³-hybridized carbons (Fsp3) is 0.316. The number of nitrogens with zero attached hydrogens (tertiary/aromatic N) is 1.